The van der Waals surface area contributed by atoms with Gasteiger partial charge in [0.25, 0.3) is 0 Å². The molecule has 0 aromatic carbocycles. The fourth-order valence-corrected chi connectivity index (χ4v) is 2.18. The minimum atomic E-state index is -0.589. The summed E-state index contributed by atoms with van der Waals surface area (Å²) in [5, 5.41) is 9.67. The molecule has 0 fully saturated rings. The number of aromatic nitrogens is 4. The Bertz CT molecular complexity index is 659. The highest BCUT2D eigenvalue weighted by Gasteiger charge is 2.28. The molecule has 20 heavy (non-hydrogen) atoms. The summed E-state index contributed by atoms with van der Waals surface area (Å²) >= 11 is 5.26. The summed E-state index contributed by atoms with van der Waals surface area (Å²) in [4.78, 5) is 16.0. The molecule has 0 aliphatic rings. The van der Waals surface area contributed by atoms with Gasteiger partial charge in [-0.25, -0.2) is 0 Å². The molecule has 2 heterocycles. The summed E-state index contributed by atoms with van der Waals surface area (Å²) in [5.74, 6) is 0.637. The second-order valence-corrected chi connectivity index (χ2v) is 5.53. The maximum absolute atomic E-state index is 11.9. The Morgan fingerprint density at radius 2 is 2.30 bits per heavy atom. The lowest BCUT2D eigenvalue weighted by Gasteiger charge is -2.23. The quantitative estimate of drug-likeness (QED) is 0.842. The van der Waals surface area contributed by atoms with E-state index in [9.17, 15) is 4.79 Å². The van der Waals surface area contributed by atoms with Crippen molar-refractivity contribution in [1.82, 2.24) is 25.1 Å². The summed E-state index contributed by atoms with van der Waals surface area (Å²) in [5.41, 5.74) is 0.265. The Morgan fingerprint density at radius 1 is 1.55 bits per heavy atom. The Balaban J connectivity index is 2.41. The van der Waals surface area contributed by atoms with Gasteiger partial charge in [-0.2, -0.15) is 5.10 Å². The molecule has 0 aliphatic carbocycles. The van der Waals surface area contributed by atoms with Crippen molar-refractivity contribution in [1.29, 1.82) is 0 Å². The molecular weight excluding hydrogens is 274 g/mol. The monoisotopic (exact) mass is 291 g/mol. The van der Waals surface area contributed by atoms with E-state index >= 15 is 0 Å². The minimum absolute atomic E-state index is 0.0438. The summed E-state index contributed by atoms with van der Waals surface area (Å²) in [6, 6.07) is 3.74. The molecule has 0 bridgehead atoms. The first-order chi connectivity index (χ1) is 9.45. The van der Waals surface area contributed by atoms with E-state index in [1.54, 1.807) is 19.4 Å². The maximum atomic E-state index is 11.9. The molecule has 2 aromatic heterocycles. The number of aromatic amines is 1. The van der Waals surface area contributed by atoms with E-state index < -0.39 is 5.41 Å². The zero-order valence-electron chi connectivity index (χ0n) is 11.7. The average molecular weight is 291 g/mol. The number of hydrogen-bond acceptors (Lipinski definition) is 4. The van der Waals surface area contributed by atoms with Gasteiger partial charge in [-0.15, -0.1) is 0 Å². The highest BCUT2D eigenvalue weighted by Crippen LogP contribution is 2.23. The van der Waals surface area contributed by atoms with Crippen LogP contribution < -0.4 is 5.32 Å². The summed E-state index contributed by atoms with van der Waals surface area (Å²) < 4.78 is 2.31. The number of nitrogens with zero attached hydrogens (tertiary/aromatic N) is 3. The normalized spacial score (nSPS) is 11.3. The van der Waals surface area contributed by atoms with Crippen LogP contribution in [0.4, 0.5) is 0 Å². The first-order valence-electron chi connectivity index (χ1n) is 6.23. The van der Waals surface area contributed by atoms with Crippen LogP contribution in [0.1, 0.15) is 13.8 Å². The number of hydrogen-bond donors (Lipinski definition) is 2. The van der Waals surface area contributed by atoms with Gasteiger partial charge in [0.2, 0.25) is 5.91 Å². The van der Waals surface area contributed by atoms with Crippen molar-refractivity contribution in [3.8, 4) is 11.4 Å². The average Bonchev–Trinajstić information content (AvgIpc) is 2.79. The number of carbonyl (C=O) groups is 1. The Labute approximate surface area is 122 Å². The molecule has 0 aliphatic heterocycles. The van der Waals surface area contributed by atoms with Crippen LogP contribution in [0.3, 0.4) is 0 Å². The SMILES string of the molecule is CNC(=O)C(C)(C)Cn1c(-c2cccnc2)n[nH]c1=S. The van der Waals surface area contributed by atoms with Crippen LogP contribution in [-0.4, -0.2) is 32.7 Å². The van der Waals surface area contributed by atoms with Crippen LogP contribution in [-0.2, 0) is 11.3 Å². The lowest BCUT2D eigenvalue weighted by atomic mass is 9.92. The van der Waals surface area contributed by atoms with Gasteiger partial charge in [-0.1, -0.05) is 0 Å². The molecule has 0 saturated heterocycles. The number of amides is 1. The third-order valence-corrected chi connectivity index (χ3v) is 3.38. The van der Waals surface area contributed by atoms with E-state index in [1.807, 2.05) is 30.5 Å². The first kappa shape index (κ1) is 14.4. The molecule has 2 N–H and O–H groups in total. The molecule has 0 saturated carbocycles. The van der Waals surface area contributed by atoms with Gasteiger partial charge >= 0.3 is 0 Å². The van der Waals surface area contributed by atoms with Crippen molar-refractivity contribution in [2.45, 2.75) is 20.4 Å². The molecule has 2 rings (SSSR count). The van der Waals surface area contributed by atoms with Crippen LogP contribution >= 0.6 is 12.2 Å². The zero-order chi connectivity index (χ0) is 14.8. The van der Waals surface area contributed by atoms with Crippen molar-refractivity contribution in [2.75, 3.05) is 7.05 Å². The van der Waals surface area contributed by atoms with Crippen molar-refractivity contribution in [3.05, 3.63) is 29.3 Å². The van der Waals surface area contributed by atoms with Gasteiger partial charge in [0.15, 0.2) is 10.6 Å². The number of carbonyl (C=O) groups excluding carboxylic acids is 1. The minimum Gasteiger partial charge on any atom is -0.359 e. The van der Waals surface area contributed by atoms with E-state index in [4.69, 9.17) is 12.2 Å². The molecule has 2 aromatic rings. The largest absolute Gasteiger partial charge is 0.359 e. The maximum Gasteiger partial charge on any atom is 0.227 e. The lowest BCUT2D eigenvalue weighted by Crippen LogP contribution is -2.37. The summed E-state index contributed by atoms with van der Waals surface area (Å²) in [6.07, 6.45) is 3.41. The van der Waals surface area contributed by atoms with Crippen molar-refractivity contribution >= 4 is 18.1 Å². The van der Waals surface area contributed by atoms with Crippen LogP contribution in [0.5, 0.6) is 0 Å². The van der Waals surface area contributed by atoms with Gasteiger partial charge in [0.1, 0.15) is 0 Å². The molecular formula is C13H17N5OS. The standard InChI is InChI=1S/C13H17N5OS/c1-13(2,11(19)14-3)8-18-10(16-17-12(18)20)9-5-4-6-15-7-9/h4-7H,8H2,1-3H3,(H,14,19)(H,17,20). The van der Waals surface area contributed by atoms with Gasteiger partial charge in [-0.05, 0) is 38.2 Å². The van der Waals surface area contributed by atoms with Crippen LogP contribution in [0.15, 0.2) is 24.5 Å². The number of pyridine rings is 1. The topological polar surface area (TPSA) is 75.6 Å². The molecule has 0 atom stereocenters. The molecule has 7 heteroatoms. The number of rotatable bonds is 4. The van der Waals surface area contributed by atoms with E-state index in [-0.39, 0.29) is 5.91 Å². The third-order valence-electron chi connectivity index (χ3n) is 3.07. The van der Waals surface area contributed by atoms with Crippen LogP contribution in [0.2, 0.25) is 0 Å². The molecule has 0 unspecified atom stereocenters. The highest BCUT2D eigenvalue weighted by atomic mass is 32.1. The van der Waals surface area contributed by atoms with E-state index in [0.717, 1.165) is 5.56 Å². The van der Waals surface area contributed by atoms with Crippen LogP contribution in [0, 0.1) is 10.2 Å². The fraction of sp³-hybridized carbons (Fsp3) is 0.385. The zero-order valence-corrected chi connectivity index (χ0v) is 12.5. The number of H-pyrrole nitrogens is 1. The van der Waals surface area contributed by atoms with Gasteiger partial charge in [-0.3, -0.25) is 19.4 Å². The Morgan fingerprint density at radius 3 is 2.90 bits per heavy atom. The molecule has 1 amide bonds. The smallest absolute Gasteiger partial charge is 0.227 e. The van der Waals surface area contributed by atoms with Crippen molar-refractivity contribution in [3.63, 3.8) is 0 Å². The van der Waals surface area contributed by atoms with E-state index in [0.29, 0.717) is 17.1 Å². The molecule has 0 spiro atoms. The van der Waals surface area contributed by atoms with Gasteiger partial charge in [0, 0.05) is 31.5 Å². The highest BCUT2D eigenvalue weighted by molar-refractivity contribution is 7.71. The third kappa shape index (κ3) is 2.77. The fourth-order valence-electron chi connectivity index (χ4n) is 1.99. The summed E-state index contributed by atoms with van der Waals surface area (Å²) in [6.45, 7) is 4.17. The molecule has 106 valence electrons. The lowest BCUT2D eigenvalue weighted by molar-refractivity contribution is -0.129. The molecule has 6 nitrogen and oxygen atoms in total. The summed E-state index contributed by atoms with van der Waals surface area (Å²) in [7, 11) is 1.63. The van der Waals surface area contributed by atoms with E-state index in [2.05, 4.69) is 20.5 Å². The van der Waals surface area contributed by atoms with Gasteiger partial charge in [0.05, 0.1) is 5.41 Å². The first-order valence-corrected chi connectivity index (χ1v) is 6.64. The van der Waals surface area contributed by atoms with Crippen molar-refractivity contribution in [2.24, 2.45) is 5.41 Å². The van der Waals surface area contributed by atoms with Gasteiger partial charge < -0.3 is 5.32 Å². The van der Waals surface area contributed by atoms with E-state index in [1.165, 1.54) is 0 Å². The Kier molecular flexibility index (Phi) is 3.99. The number of nitrogens with one attached hydrogen (secondary N) is 2. The predicted molar refractivity (Wildman–Crippen MR) is 78.5 cm³/mol. The molecule has 0 radical (unpaired) electrons. The second-order valence-electron chi connectivity index (χ2n) is 5.14. The predicted octanol–water partition coefficient (Wildman–Crippen LogP) is 1.77. The van der Waals surface area contributed by atoms with Crippen molar-refractivity contribution < 1.29 is 4.79 Å². The second kappa shape index (κ2) is 5.54. The Hall–Kier alpha value is -2.02. The van der Waals surface area contributed by atoms with Crippen LogP contribution in [0.25, 0.3) is 11.4 Å².